The number of benzene rings is 1. The molecule has 98 valence electrons. The number of carboxylic acid groups (broad SMARTS) is 1. The maximum atomic E-state index is 13.0. The van der Waals surface area contributed by atoms with Crippen LogP contribution in [0.25, 0.3) is 0 Å². The Bertz CT molecular complexity index is 651. The number of rotatable bonds is 3. The molecule has 0 aliphatic rings. The van der Waals surface area contributed by atoms with E-state index < -0.39 is 11.8 Å². The van der Waals surface area contributed by atoms with E-state index in [1.165, 1.54) is 30.3 Å². The standard InChI is InChI=1S/C12H6BrClFNO3/c13-7-5-6(1-3-9(7)15)19-10-4-2-8(14)11(16-10)12(17)18/h1-5H,(H,17,18). The van der Waals surface area contributed by atoms with Gasteiger partial charge < -0.3 is 9.84 Å². The third-order valence-electron chi connectivity index (χ3n) is 2.14. The fraction of sp³-hybridized carbons (Fsp3) is 0. The lowest BCUT2D eigenvalue weighted by molar-refractivity contribution is 0.0690. The molecule has 0 aliphatic carbocycles. The summed E-state index contributed by atoms with van der Waals surface area (Å²) in [5, 5.41) is 8.89. The molecule has 4 nitrogen and oxygen atoms in total. The quantitative estimate of drug-likeness (QED) is 0.908. The van der Waals surface area contributed by atoms with Gasteiger partial charge in [0.25, 0.3) is 0 Å². The number of carbonyl (C=O) groups is 1. The molecule has 0 saturated heterocycles. The van der Waals surface area contributed by atoms with Gasteiger partial charge in [0, 0.05) is 6.07 Å². The van der Waals surface area contributed by atoms with Crippen LogP contribution in [0, 0.1) is 5.82 Å². The minimum Gasteiger partial charge on any atom is -0.476 e. The van der Waals surface area contributed by atoms with Crippen LogP contribution in [0.5, 0.6) is 11.6 Å². The number of aromatic nitrogens is 1. The first-order chi connectivity index (χ1) is 8.97. The van der Waals surface area contributed by atoms with Crippen molar-refractivity contribution >= 4 is 33.5 Å². The molecule has 1 N–H and O–H groups in total. The van der Waals surface area contributed by atoms with Gasteiger partial charge in [0.1, 0.15) is 11.6 Å². The topological polar surface area (TPSA) is 59.4 Å². The highest BCUT2D eigenvalue weighted by Crippen LogP contribution is 2.26. The number of ether oxygens (including phenoxy) is 1. The largest absolute Gasteiger partial charge is 0.476 e. The third kappa shape index (κ3) is 3.21. The summed E-state index contributed by atoms with van der Waals surface area (Å²) < 4.78 is 18.6. The lowest BCUT2D eigenvalue weighted by Gasteiger charge is -2.06. The first-order valence-corrected chi connectivity index (χ1v) is 6.17. The Labute approximate surface area is 120 Å². The highest BCUT2D eigenvalue weighted by Gasteiger charge is 2.12. The van der Waals surface area contributed by atoms with Crippen molar-refractivity contribution in [3.63, 3.8) is 0 Å². The van der Waals surface area contributed by atoms with Crippen molar-refractivity contribution in [3.8, 4) is 11.6 Å². The molecule has 0 radical (unpaired) electrons. The number of pyridine rings is 1. The minimum atomic E-state index is -1.25. The van der Waals surface area contributed by atoms with E-state index in [4.69, 9.17) is 21.4 Å². The van der Waals surface area contributed by atoms with E-state index in [1.807, 2.05) is 0 Å². The van der Waals surface area contributed by atoms with Gasteiger partial charge in [0.2, 0.25) is 5.88 Å². The van der Waals surface area contributed by atoms with Gasteiger partial charge in [-0.2, -0.15) is 0 Å². The Kier molecular flexibility index (Phi) is 4.01. The highest BCUT2D eigenvalue weighted by atomic mass is 79.9. The minimum absolute atomic E-state index is 0.0140. The molecule has 7 heteroatoms. The van der Waals surface area contributed by atoms with Crippen LogP contribution < -0.4 is 4.74 Å². The van der Waals surface area contributed by atoms with Gasteiger partial charge in [0.05, 0.1) is 9.50 Å². The lowest BCUT2D eigenvalue weighted by Crippen LogP contribution is -2.02. The second kappa shape index (κ2) is 5.54. The molecule has 2 aromatic rings. The van der Waals surface area contributed by atoms with E-state index in [2.05, 4.69) is 20.9 Å². The normalized spacial score (nSPS) is 10.3. The second-order valence-corrected chi connectivity index (χ2v) is 4.72. The van der Waals surface area contributed by atoms with E-state index in [9.17, 15) is 9.18 Å². The molecule has 2 rings (SSSR count). The summed E-state index contributed by atoms with van der Waals surface area (Å²) in [5.74, 6) is -1.31. The van der Waals surface area contributed by atoms with Crippen LogP contribution in [0.2, 0.25) is 5.02 Å². The van der Waals surface area contributed by atoms with Gasteiger partial charge in [-0.1, -0.05) is 11.6 Å². The fourth-order valence-corrected chi connectivity index (χ4v) is 1.84. The van der Waals surface area contributed by atoms with Crippen LogP contribution in [0.4, 0.5) is 4.39 Å². The Hall–Kier alpha value is -1.66. The molecule has 0 fully saturated rings. The average Bonchev–Trinajstić information content (AvgIpc) is 2.36. The fourth-order valence-electron chi connectivity index (χ4n) is 1.29. The highest BCUT2D eigenvalue weighted by molar-refractivity contribution is 9.10. The summed E-state index contributed by atoms with van der Waals surface area (Å²) in [5.41, 5.74) is -0.305. The van der Waals surface area contributed by atoms with Gasteiger partial charge in [-0.25, -0.2) is 14.2 Å². The summed E-state index contributed by atoms with van der Waals surface area (Å²) in [7, 11) is 0. The maximum absolute atomic E-state index is 13.0. The molecular weight excluding hydrogens is 340 g/mol. The van der Waals surface area contributed by atoms with Crippen molar-refractivity contribution in [2.45, 2.75) is 0 Å². The molecule has 1 aromatic carbocycles. The zero-order chi connectivity index (χ0) is 14.0. The van der Waals surface area contributed by atoms with E-state index in [-0.39, 0.29) is 21.1 Å². The summed E-state index contributed by atoms with van der Waals surface area (Å²) in [6.45, 7) is 0. The number of aromatic carboxylic acids is 1. The van der Waals surface area contributed by atoms with Gasteiger partial charge in [-0.05, 0) is 40.2 Å². The third-order valence-corrected chi connectivity index (χ3v) is 3.05. The van der Waals surface area contributed by atoms with Crippen LogP contribution >= 0.6 is 27.5 Å². The number of hydrogen-bond donors (Lipinski definition) is 1. The smallest absolute Gasteiger partial charge is 0.356 e. The van der Waals surface area contributed by atoms with E-state index in [0.717, 1.165) is 0 Å². The molecule has 0 amide bonds. The Morgan fingerprint density at radius 2 is 2.11 bits per heavy atom. The van der Waals surface area contributed by atoms with Gasteiger partial charge in [-0.15, -0.1) is 0 Å². The van der Waals surface area contributed by atoms with Crippen LogP contribution in [0.1, 0.15) is 10.5 Å². The molecule has 0 atom stereocenters. The van der Waals surface area contributed by atoms with Crippen LogP contribution in [-0.4, -0.2) is 16.1 Å². The molecule has 1 heterocycles. The number of carboxylic acids is 1. The zero-order valence-electron chi connectivity index (χ0n) is 9.23. The first-order valence-electron chi connectivity index (χ1n) is 5.00. The lowest BCUT2D eigenvalue weighted by atomic mass is 10.3. The Balaban J connectivity index is 2.30. The van der Waals surface area contributed by atoms with E-state index in [1.54, 1.807) is 0 Å². The average molecular weight is 347 g/mol. The molecule has 19 heavy (non-hydrogen) atoms. The van der Waals surface area contributed by atoms with E-state index in [0.29, 0.717) is 5.75 Å². The summed E-state index contributed by atoms with van der Waals surface area (Å²) in [4.78, 5) is 14.6. The van der Waals surface area contributed by atoms with Crippen molar-refractivity contribution in [2.75, 3.05) is 0 Å². The zero-order valence-corrected chi connectivity index (χ0v) is 11.6. The van der Waals surface area contributed by atoms with Crippen LogP contribution in [0.3, 0.4) is 0 Å². The van der Waals surface area contributed by atoms with Crippen molar-refractivity contribution in [2.24, 2.45) is 0 Å². The van der Waals surface area contributed by atoms with Crippen LogP contribution in [-0.2, 0) is 0 Å². The molecule has 0 aliphatic heterocycles. The molecule has 1 aromatic heterocycles. The van der Waals surface area contributed by atoms with E-state index >= 15 is 0 Å². The Morgan fingerprint density at radius 3 is 2.74 bits per heavy atom. The molecule has 0 bridgehead atoms. The summed E-state index contributed by atoms with van der Waals surface area (Å²) in [6.07, 6.45) is 0. The summed E-state index contributed by atoms with van der Waals surface area (Å²) >= 11 is 8.70. The second-order valence-electron chi connectivity index (χ2n) is 3.46. The van der Waals surface area contributed by atoms with Crippen LogP contribution in [0.15, 0.2) is 34.8 Å². The van der Waals surface area contributed by atoms with Crippen molar-refractivity contribution < 1.29 is 19.0 Å². The molecule has 0 spiro atoms. The number of nitrogens with zero attached hydrogens (tertiary/aromatic N) is 1. The van der Waals surface area contributed by atoms with Crippen molar-refractivity contribution in [3.05, 3.63) is 51.3 Å². The van der Waals surface area contributed by atoms with Gasteiger partial charge >= 0.3 is 5.97 Å². The predicted molar refractivity (Wildman–Crippen MR) is 70.4 cm³/mol. The summed E-state index contributed by atoms with van der Waals surface area (Å²) in [6, 6.07) is 6.81. The number of hydrogen-bond acceptors (Lipinski definition) is 3. The monoisotopic (exact) mass is 345 g/mol. The van der Waals surface area contributed by atoms with Gasteiger partial charge in [0.15, 0.2) is 5.69 Å². The number of halogens is 3. The SMILES string of the molecule is O=C(O)c1nc(Oc2ccc(F)c(Br)c2)ccc1Cl. The van der Waals surface area contributed by atoms with Crippen molar-refractivity contribution in [1.82, 2.24) is 4.98 Å². The van der Waals surface area contributed by atoms with Crippen molar-refractivity contribution in [1.29, 1.82) is 0 Å². The molecule has 0 unspecified atom stereocenters. The first kappa shape index (κ1) is 13.8. The predicted octanol–water partition coefficient (Wildman–Crippen LogP) is 4.13. The molecular formula is C12H6BrClFNO3. The maximum Gasteiger partial charge on any atom is 0.356 e. The molecule has 0 saturated carbocycles. The Morgan fingerprint density at radius 1 is 1.37 bits per heavy atom. The van der Waals surface area contributed by atoms with Gasteiger partial charge in [-0.3, -0.25) is 0 Å².